The van der Waals surface area contributed by atoms with Crippen molar-refractivity contribution < 1.29 is 22.7 Å². The molecule has 1 N–H and O–H groups in total. The number of para-hydroxylation sites is 1. The van der Waals surface area contributed by atoms with Crippen molar-refractivity contribution in [3.05, 3.63) is 77.6 Å². The molecular weight excluding hydrogens is 579 g/mol. The van der Waals surface area contributed by atoms with E-state index in [1.54, 1.807) is 46.7 Å². The number of benzene rings is 2. The highest BCUT2D eigenvalue weighted by Gasteiger charge is 2.44. The summed E-state index contributed by atoms with van der Waals surface area (Å²) in [4.78, 5) is 24.0. The van der Waals surface area contributed by atoms with E-state index in [4.69, 9.17) is 4.74 Å². The zero-order chi connectivity index (χ0) is 30.1. The molecule has 2 aromatic carbocycles. The number of carbonyl (C=O) groups excluding carboxylic acids is 1. The molecule has 2 fully saturated rings. The lowest BCUT2D eigenvalue weighted by molar-refractivity contribution is -0.138. The minimum Gasteiger partial charge on any atom is -0.457 e. The Kier molecular flexibility index (Phi) is 8.03. The summed E-state index contributed by atoms with van der Waals surface area (Å²) in [5.74, 6) is -0.656. The van der Waals surface area contributed by atoms with E-state index >= 15 is 13.2 Å². The first-order valence-electron chi connectivity index (χ1n) is 13.9. The number of ether oxygens (including phenoxy) is 1. The third kappa shape index (κ3) is 6.05. The van der Waals surface area contributed by atoms with Gasteiger partial charge < -0.3 is 19.9 Å². The molecule has 4 heterocycles. The topological polar surface area (TPSA) is 86.7 Å². The Morgan fingerprint density at radius 3 is 2.60 bits per heavy atom. The number of aromatic nitrogens is 3. The molecule has 224 valence electrons. The van der Waals surface area contributed by atoms with Gasteiger partial charge in [-0.3, -0.25) is 9.69 Å². The molecule has 4 aromatic rings. The maximum Gasteiger partial charge on any atom is 0.422 e. The summed E-state index contributed by atoms with van der Waals surface area (Å²) in [5.41, 5.74) is -0.206. The van der Waals surface area contributed by atoms with Crippen LogP contribution >= 0.6 is 11.3 Å². The van der Waals surface area contributed by atoms with E-state index in [0.717, 1.165) is 13.0 Å². The highest BCUT2D eigenvalue weighted by molar-refractivity contribution is 7.13. The van der Waals surface area contributed by atoms with E-state index in [2.05, 4.69) is 30.3 Å². The van der Waals surface area contributed by atoms with Crippen LogP contribution in [0.1, 0.15) is 22.5 Å². The van der Waals surface area contributed by atoms with Crippen molar-refractivity contribution >= 4 is 28.6 Å². The molecule has 2 saturated heterocycles. The van der Waals surface area contributed by atoms with Crippen LogP contribution in [0.4, 0.5) is 24.5 Å². The lowest BCUT2D eigenvalue weighted by Gasteiger charge is -2.43. The second-order valence-electron chi connectivity index (χ2n) is 10.7. The number of rotatable bonds is 7. The third-order valence-corrected chi connectivity index (χ3v) is 8.77. The molecule has 13 heteroatoms. The molecule has 0 bridgehead atoms. The van der Waals surface area contributed by atoms with Crippen molar-refractivity contribution in [2.75, 3.05) is 50.5 Å². The molecular formula is C30H30F3N7O2S. The first kappa shape index (κ1) is 29.0. The Labute approximate surface area is 250 Å². The van der Waals surface area contributed by atoms with E-state index < -0.39 is 17.6 Å². The minimum atomic E-state index is -4.77. The maximum atomic E-state index is 15.0. The van der Waals surface area contributed by atoms with Crippen molar-refractivity contribution in [3.8, 4) is 22.1 Å². The molecule has 43 heavy (non-hydrogen) atoms. The fraction of sp³-hybridized carbons (Fsp3) is 0.333. The van der Waals surface area contributed by atoms with Gasteiger partial charge in [0, 0.05) is 49.2 Å². The van der Waals surface area contributed by atoms with Crippen molar-refractivity contribution in [3.63, 3.8) is 0 Å². The van der Waals surface area contributed by atoms with E-state index in [1.165, 1.54) is 35.9 Å². The first-order valence-corrected chi connectivity index (χ1v) is 14.7. The van der Waals surface area contributed by atoms with Crippen LogP contribution in [0.15, 0.2) is 66.3 Å². The van der Waals surface area contributed by atoms with Gasteiger partial charge in [0.1, 0.15) is 27.8 Å². The SMILES string of the molecule is CN(C)[C@H]1CCN2CCN(c3c(NC(=O)c4csc(-c5ccnnc5)n4)ccc(Oc4ccccc4)c3C(F)(F)F)C[C@H]12. The number of anilines is 2. The number of thiazole rings is 1. The third-order valence-electron chi connectivity index (χ3n) is 7.88. The van der Waals surface area contributed by atoms with Gasteiger partial charge in [0.25, 0.3) is 5.91 Å². The molecule has 0 spiro atoms. The summed E-state index contributed by atoms with van der Waals surface area (Å²) in [6, 6.07) is 13.1. The number of hydrogen-bond donors (Lipinski definition) is 1. The average Bonchev–Trinajstić information content (AvgIpc) is 3.66. The van der Waals surface area contributed by atoms with Crippen LogP contribution in [0.25, 0.3) is 10.6 Å². The summed E-state index contributed by atoms with van der Waals surface area (Å²) < 4.78 is 50.8. The lowest BCUT2D eigenvalue weighted by atomic mass is 10.0. The molecule has 1 amide bonds. The molecule has 9 nitrogen and oxygen atoms in total. The van der Waals surface area contributed by atoms with Crippen LogP contribution in [0, 0.1) is 0 Å². The zero-order valence-corrected chi connectivity index (χ0v) is 24.4. The van der Waals surface area contributed by atoms with Gasteiger partial charge in [0.05, 0.1) is 23.8 Å². The predicted molar refractivity (Wildman–Crippen MR) is 159 cm³/mol. The molecule has 2 aliphatic rings. The summed E-state index contributed by atoms with van der Waals surface area (Å²) in [5, 5.41) is 12.5. The van der Waals surface area contributed by atoms with Gasteiger partial charge in [-0.15, -0.1) is 11.3 Å². The summed E-state index contributed by atoms with van der Waals surface area (Å²) >= 11 is 1.24. The van der Waals surface area contributed by atoms with Crippen molar-refractivity contribution in [2.45, 2.75) is 24.7 Å². The zero-order valence-electron chi connectivity index (χ0n) is 23.6. The molecule has 0 unspecified atom stereocenters. The standard InChI is InChI=1S/C30H30F3N7O2S/c1-38(2)23-11-13-39-14-15-40(17-24(23)39)27-21(36-28(41)22-18-43-29(37-22)19-10-12-34-35-16-19)8-9-25(26(27)30(31,32)33)42-20-6-4-3-5-7-20/h3-10,12,16,18,23-24H,11,13-15,17H2,1-2H3,(H,36,41)/t23-,24+/m0/s1. The van der Waals surface area contributed by atoms with Crippen LogP contribution < -0.4 is 15.0 Å². The van der Waals surface area contributed by atoms with Gasteiger partial charge in [0.2, 0.25) is 0 Å². The Morgan fingerprint density at radius 2 is 1.88 bits per heavy atom. The number of likely N-dealkylation sites (N-methyl/N-ethyl adjacent to an activating group) is 1. The Morgan fingerprint density at radius 1 is 1.07 bits per heavy atom. The number of halogens is 3. The number of nitrogens with one attached hydrogen (secondary N) is 1. The number of piperazine rings is 1. The number of fused-ring (bicyclic) bond motifs is 1. The fourth-order valence-electron chi connectivity index (χ4n) is 5.88. The normalized spacial score (nSPS) is 19.0. The monoisotopic (exact) mass is 609 g/mol. The number of nitrogens with zero attached hydrogens (tertiary/aromatic N) is 6. The van der Waals surface area contributed by atoms with E-state index in [1.807, 2.05) is 14.1 Å². The maximum absolute atomic E-state index is 15.0. The largest absolute Gasteiger partial charge is 0.457 e. The molecule has 2 aliphatic heterocycles. The second kappa shape index (κ2) is 11.9. The number of hydrogen-bond acceptors (Lipinski definition) is 9. The minimum absolute atomic E-state index is 0.0437. The molecule has 2 aromatic heterocycles. The molecule has 6 rings (SSSR count). The smallest absolute Gasteiger partial charge is 0.422 e. The van der Waals surface area contributed by atoms with Gasteiger partial charge >= 0.3 is 6.18 Å². The predicted octanol–water partition coefficient (Wildman–Crippen LogP) is 5.49. The van der Waals surface area contributed by atoms with Crippen LogP contribution in [0.2, 0.25) is 0 Å². The Bertz CT molecular complexity index is 1580. The van der Waals surface area contributed by atoms with Crippen molar-refractivity contribution in [1.29, 1.82) is 0 Å². The van der Waals surface area contributed by atoms with Crippen molar-refractivity contribution in [2.24, 2.45) is 0 Å². The average molecular weight is 610 g/mol. The molecule has 0 saturated carbocycles. The highest BCUT2D eigenvalue weighted by atomic mass is 32.1. The fourth-order valence-corrected chi connectivity index (χ4v) is 6.67. The highest BCUT2D eigenvalue weighted by Crippen LogP contribution is 2.48. The van der Waals surface area contributed by atoms with Gasteiger partial charge in [-0.1, -0.05) is 18.2 Å². The number of carbonyl (C=O) groups is 1. The Balaban J connectivity index is 1.40. The Hall–Kier alpha value is -4.07. The summed E-state index contributed by atoms with van der Waals surface area (Å²) in [6.45, 7) is 2.25. The molecule has 0 aliphatic carbocycles. The van der Waals surface area contributed by atoms with Crippen LogP contribution in [-0.4, -0.2) is 83.2 Å². The number of alkyl halides is 3. The van der Waals surface area contributed by atoms with Crippen molar-refractivity contribution in [1.82, 2.24) is 25.0 Å². The van der Waals surface area contributed by atoms with Gasteiger partial charge in [-0.2, -0.15) is 23.4 Å². The van der Waals surface area contributed by atoms with Crippen LogP contribution in [-0.2, 0) is 6.18 Å². The van der Waals surface area contributed by atoms with E-state index in [9.17, 15) is 4.79 Å². The summed E-state index contributed by atoms with van der Waals surface area (Å²) in [7, 11) is 4.00. The summed E-state index contributed by atoms with van der Waals surface area (Å²) in [6.07, 6.45) is -0.775. The van der Waals surface area contributed by atoms with E-state index in [0.29, 0.717) is 30.2 Å². The van der Waals surface area contributed by atoms with Gasteiger partial charge in [-0.05, 0) is 50.8 Å². The van der Waals surface area contributed by atoms with E-state index in [-0.39, 0.29) is 40.7 Å². The lowest BCUT2D eigenvalue weighted by Crippen LogP contribution is -2.56. The van der Waals surface area contributed by atoms with Crippen LogP contribution in [0.5, 0.6) is 11.5 Å². The van der Waals surface area contributed by atoms with Crippen LogP contribution in [0.3, 0.4) is 0 Å². The quantitative estimate of drug-likeness (QED) is 0.295. The molecule has 0 radical (unpaired) electrons. The molecule has 2 atom stereocenters. The van der Waals surface area contributed by atoms with Gasteiger partial charge in [0.15, 0.2) is 0 Å². The first-order chi connectivity index (χ1) is 20.7. The number of amides is 1. The van der Waals surface area contributed by atoms with Gasteiger partial charge in [-0.25, -0.2) is 4.98 Å². The second-order valence-corrected chi connectivity index (χ2v) is 11.6.